The van der Waals surface area contributed by atoms with Crippen LogP contribution in [0.1, 0.15) is 24.2 Å². The molecular weight excluding hydrogens is 342 g/mol. The Bertz CT molecular complexity index is 786. The van der Waals surface area contributed by atoms with E-state index in [1.807, 2.05) is 38.1 Å². The summed E-state index contributed by atoms with van der Waals surface area (Å²) < 4.78 is 5.55. The van der Waals surface area contributed by atoms with Gasteiger partial charge in [-0.2, -0.15) is 0 Å². The lowest BCUT2D eigenvalue weighted by Gasteiger charge is -2.12. The van der Waals surface area contributed by atoms with Crippen LogP contribution in [-0.4, -0.2) is 31.0 Å². The molecule has 6 nitrogen and oxygen atoms in total. The van der Waals surface area contributed by atoms with Gasteiger partial charge in [0.2, 0.25) is 5.91 Å². The van der Waals surface area contributed by atoms with Gasteiger partial charge in [0.1, 0.15) is 12.4 Å². The van der Waals surface area contributed by atoms with Crippen molar-refractivity contribution in [3.05, 3.63) is 66.7 Å². The lowest BCUT2D eigenvalue weighted by Crippen LogP contribution is -2.30. The first kappa shape index (κ1) is 20.0. The van der Waals surface area contributed by atoms with Crippen LogP contribution in [0, 0.1) is 0 Å². The minimum atomic E-state index is -0.201. The maximum Gasteiger partial charge on any atom is 0.251 e. The molecule has 2 amide bonds. The third-order valence-electron chi connectivity index (χ3n) is 3.53. The van der Waals surface area contributed by atoms with Gasteiger partial charge in [0.15, 0.2) is 0 Å². The second-order valence-corrected chi connectivity index (χ2v) is 6.20. The summed E-state index contributed by atoms with van der Waals surface area (Å²) in [5, 5.41) is 8.67. The maximum atomic E-state index is 12.2. The Morgan fingerprint density at radius 3 is 2.48 bits per heavy atom. The number of amides is 2. The molecule has 0 saturated heterocycles. The summed E-state index contributed by atoms with van der Waals surface area (Å²) in [6.07, 6.45) is 1.66. The number of para-hydroxylation sites is 2. The first-order chi connectivity index (χ1) is 13.0. The molecule has 6 heteroatoms. The van der Waals surface area contributed by atoms with Crippen LogP contribution in [0.5, 0.6) is 5.75 Å². The van der Waals surface area contributed by atoms with E-state index < -0.39 is 0 Å². The summed E-state index contributed by atoms with van der Waals surface area (Å²) >= 11 is 0. The number of hydrogen-bond acceptors (Lipinski definition) is 4. The zero-order valence-corrected chi connectivity index (χ0v) is 15.6. The minimum absolute atomic E-state index is 0.0706. The van der Waals surface area contributed by atoms with Crippen LogP contribution in [0.4, 0.5) is 11.4 Å². The van der Waals surface area contributed by atoms with Crippen molar-refractivity contribution in [2.75, 3.05) is 23.8 Å². The summed E-state index contributed by atoms with van der Waals surface area (Å²) in [6.45, 7) is 7.91. The quantitative estimate of drug-likeness (QED) is 0.593. The van der Waals surface area contributed by atoms with Crippen molar-refractivity contribution in [2.45, 2.75) is 19.9 Å². The highest BCUT2D eigenvalue weighted by Gasteiger charge is 2.08. The number of nitrogens with one attached hydrogen (secondary N) is 3. The Kier molecular flexibility index (Phi) is 7.43. The Morgan fingerprint density at radius 1 is 1.11 bits per heavy atom. The van der Waals surface area contributed by atoms with Crippen molar-refractivity contribution in [3.63, 3.8) is 0 Å². The molecule has 27 heavy (non-hydrogen) atoms. The van der Waals surface area contributed by atoms with Crippen molar-refractivity contribution in [1.82, 2.24) is 5.32 Å². The van der Waals surface area contributed by atoms with Crippen LogP contribution < -0.4 is 20.7 Å². The zero-order chi connectivity index (χ0) is 19.6. The van der Waals surface area contributed by atoms with Gasteiger partial charge in [-0.25, -0.2) is 0 Å². The predicted molar refractivity (Wildman–Crippen MR) is 108 cm³/mol. The molecule has 0 spiro atoms. The summed E-state index contributed by atoms with van der Waals surface area (Å²) in [6, 6.07) is 14.2. The van der Waals surface area contributed by atoms with E-state index >= 15 is 0 Å². The van der Waals surface area contributed by atoms with Crippen LogP contribution in [0.25, 0.3) is 0 Å². The summed E-state index contributed by atoms with van der Waals surface area (Å²) in [5.74, 6) is 0.319. The number of anilines is 2. The maximum absolute atomic E-state index is 12.2. The average Bonchev–Trinajstić information content (AvgIpc) is 2.65. The Hall–Kier alpha value is -3.28. The van der Waals surface area contributed by atoms with E-state index in [1.54, 1.807) is 30.3 Å². The fraction of sp³-hybridized carbons (Fsp3) is 0.238. The summed E-state index contributed by atoms with van der Waals surface area (Å²) in [5.41, 5.74) is 1.91. The predicted octanol–water partition coefficient (Wildman–Crippen LogP) is 3.44. The normalized spacial score (nSPS) is 10.2. The summed E-state index contributed by atoms with van der Waals surface area (Å²) in [7, 11) is 0. The largest absolute Gasteiger partial charge is 0.487 e. The highest BCUT2D eigenvalue weighted by Crippen LogP contribution is 2.23. The van der Waals surface area contributed by atoms with Crippen LogP contribution in [-0.2, 0) is 4.79 Å². The molecule has 0 atom stereocenters. The monoisotopic (exact) mass is 367 g/mol. The average molecular weight is 367 g/mol. The van der Waals surface area contributed by atoms with Gasteiger partial charge >= 0.3 is 0 Å². The van der Waals surface area contributed by atoms with Gasteiger partial charge in [0.25, 0.3) is 5.91 Å². The molecule has 0 aliphatic rings. The Morgan fingerprint density at radius 2 is 1.81 bits per heavy atom. The van der Waals surface area contributed by atoms with Gasteiger partial charge in [0, 0.05) is 17.3 Å². The fourth-order valence-corrected chi connectivity index (χ4v) is 2.32. The van der Waals surface area contributed by atoms with Crippen molar-refractivity contribution < 1.29 is 14.3 Å². The standard InChI is InChI=1S/C21H25N3O3/c1-4-13-27-19-8-6-5-7-18(19)22-14-20(25)24-17-11-9-16(10-12-17)21(26)23-15(2)3/h4-12,15,22H,1,13-14H2,2-3H3,(H,23,26)(H,24,25). The molecule has 0 unspecified atom stereocenters. The summed E-state index contributed by atoms with van der Waals surface area (Å²) in [4.78, 5) is 24.1. The molecule has 0 aromatic heterocycles. The second-order valence-electron chi connectivity index (χ2n) is 6.20. The van der Waals surface area contributed by atoms with Crippen LogP contribution in [0.15, 0.2) is 61.2 Å². The fourth-order valence-electron chi connectivity index (χ4n) is 2.32. The van der Waals surface area contributed by atoms with Crippen molar-refractivity contribution in [2.24, 2.45) is 0 Å². The van der Waals surface area contributed by atoms with Gasteiger partial charge in [-0.05, 0) is 50.2 Å². The molecule has 0 aliphatic heterocycles. The number of rotatable bonds is 9. The first-order valence-electron chi connectivity index (χ1n) is 8.77. The third-order valence-corrected chi connectivity index (χ3v) is 3.53. The smallest absolute Gasteiger partial charge is 0.251 e. The van der Waals surface area contributed by atoms with Gasteiger partial charge in [-0.15, -0.1) is 0 Å². The number of carbonyl (C=O) groups excluding carboxylic acids is 2. The van der Waals surface area contributed by atoms with Crippen LogP contribution in [0.2, 0.25) is 0 Å². The highest BCUT2D eigenvalue weighted by atomic mass is 16.5. The van der Waals surface area contributed by atoms with Crippen LogP contribution >= 0.6 is 0 Å². The van der Waals surface area contributed by atoms with Gasteiger partial charge in [0.05, 0.1) is 12.2 Å². The van der Waals surface area contributed by atoms with Gasteiger partial charge in [-0.3, -0.25) is 9.59 Å². The molecule has 2 rings (SSSR count). The molecule has 0 saturated carbocycles. The highest BCUT2D eigenvalue weighted by molar-refractivity contribution is 5.96. The third kappa shape index (κ3) is 6.51. The van der Waals surface area contributed by atoms with Gasteiger partial charge in [-0.1, -0.05) is 24.8 Å². The molecule has 0 radical (unpaired) electrons. The Balaban J connectivity index is 1.89. The van der Waals surface area contributed by atoms with Crippen LogP contribution in [0.3, 0.4) is 0 Å². The van der Waals surface area contributed by atoms with Crippen molar-refractivity contribution in [3.8, 4) is 5.75 Å². The lowest BCUT2D eigenvalue weighted by molar-refractivity contribution is -0.114. The molecule has 2 aromatic carbocycles. The van der Waals surface area contributed by atoms with Crippen molar-refractivity contribution >= 4 is 23.2 Å². The molecule has 0 aliphatic carbocycles. The second kappa shape index (κ2) is 10.0. The van der Waals surface area contributed by atoms with Gasteiger partial charge < -0.3 is 20.7 Å². The topological polar surface area (TPSA) is 79.5 Å². The number of ether oxygens (including phenoxy) is 1. The van der Waals surface area contributed by atoms with E-state index in [2.05, 4.69) is 22.5 Å². The molecule has 0 bridgehead atoms. The number of carbonyl (C=O) groups is 2. The number of hydrogen-bond donors (Lipinski definition) is 3. The molecular formula is C21H25N3O3. The molecule has 2 aromatic rings. The lowest BCUT2D eigenvalue weighted by atomic mass is 10.2. The van der Waals surface area contributed by atoms with E-state index in [-0.39, 0.29) is 24.4 Å². The minimum Gasteiger partial charge on any atom is -0.487 e. The zero-order valence-electron chi connectivity index (χ0n) is 15.6. The SMILES string of the molecule is C=CCOc1ccccc1NCC(=O)Nc1ccc(C(=O)NC(C)C)cc1. The van der Waals surface area contributed by atoms with E-state index in [0.29, 0.717) is 23.6 Å². The first-order valence-corrected chi connectivity index (χ1v) is 8.77. The molecule has 0 heterocycles. The number of benzene rings is 2. The van der Waals surface area contributed by atoms with E-state index in [9.17, 15) is 9.59 Å². The molecule has 3 N–H and O–H groups in total. The van der Waals surface area contributed by atoms with Crippen molar-refractivity contribution in [1.29, 1.82) is 0 Å². The molecule has 0 fully saturated rings. The Labute approximate surface area is 159 Å². The van der Waals surface area contributed by atoms with E-state index in [4.69, 9.17) is 4.74 Å². The van der Waals surface area contributed by atoms with E-state index in [1.165, 1.54) is 0 Å². The van der Waals surface area contributed by atoms with E-state index in [0.717, 1.165) is 5.69 Å². The molecule has 142 valence electrons.